The number of pyridine rings is 1. The molecular weight excluding hydrogens is 384 g/mol. The lowest BCUT2D eigenvalue weighted by atomic mass is 10.1. The zero-order chi connectivity index (χ0) is 20.0. The van der Waals surface area contributed by atoms with Crippen LogP contribution in [0.5, 0.6) is 0 Å². The van der Waals surface area contributed by atoms with Crippen LogP contribution in [0.3, 0.4) is 0 Å². The number of aryl methyl sites for hydroxylation is 2. The predicted octanol–water partition coefficient (Wildman–Crippen LogP) is 3.21. The van der Waals surface area contributed by atoms with Gasteiger partial charge in [-0.1, -0.05) is 11.3 Å². The second kappa shape index (κ2) is 7.04. The van der Waals surface area contributed by atoms with E-state index >= 15 is 0 Å². The molecule has 1 amide bonds. The molecule has 146 valence electrons. The number of carbonyl (C=O) groups excluding carboxylic acids is 1. The summed E-state index contributed by atoms with van der Waals surface area (Å²) >= 11 is 1.60. The third kappa shape index (κ3) is 3.29. The molecule has 4 aromatic rings. The molecule has 0 saturated carbocycles. The number of hydrogen-bond donors (Lipinski definition) is 0. The Bertz CT molecular complexity index is 1200. The fourth-order valence-electron chi connectivity index (χ4n) is 3.54. The standard InChI is InChI=1S/C21H20N6OS/c1-13-14(2)24-18-12-15(5-6-16(18)23-13)20(28)26-8-10-27(11-9-26)21-25-17-4-3-7-22-19(17)29-21/h3-7,12H,8-11H2,1-2H3. The highest BCUT2D eigenvalue weighted by Crippen LogP contribution is 2.28. The average molecular weight is 404 g/mol. The van der Waals surface area contributed by atoms with Crippen molar-refractivity contribution in [3.63, 3.8) is 0 Å². The van der Waals surface area contributed by atoms with E-state index in [2.05, 4.69) is 24.8 Å². The summed E-state index contributed by atoms with van der Waals surface area (Å²) in [7, 11) is 0. The van der Waals surface area contributed by atoms with Gasteiger partial charge >= 0.3 is 0 Å². The molecule has 0 spiro atoms. The SMILES string of the molecule is Cc1nc2ccc(C(=O)N3CCN(c4nc5cccnc5s4)CC3)cc2nc1C. The number of fused-ring (bicyclic) bond motifs is 2. The van der Waals surface area contributed by atoms with Crippen LogP contribution in [0.25, 0.3) is 21.4 Å². The van der Waals surface area contributed by atoms with Gasteiger partial charge in [0.05, 0.1) is 22.4 Å². The lowest BCUT2D eigenvalue weighted by molar-refractivity contribution is 0.0747. The third-order valence-electron chi connectivity index (χ3n) is 5.31. The molecule has 0 bridgehead atoms. The first-order chi connectivity index (χ1) is 14.1. The van der Waals surface area contributed by atoms with Crippen LogP contribution < -0.4 is 4.90 Å². The van der Waals surface area contributed by atoms with Crippen molar-refractivity contribution in [2.45, 2.75) is 13.8 Å². The van der Waals surface area contributed by atoms with Gasteiger partial charge in [0.1, 0.15) is 10.3 Å². The molecule has 0 N–H and O–H groups in total. The Labute approximate surface area is 172 Å². The summed E-state index contributed by atoms with van der Waals surface area (Å²) in [6.07, 6.45) is 1.79. The number of anilines is 1. The van der Waals surface area contributed by atoms with E-state index in [-0.39, 0.29) is 5.91 Å². The highest BCUT2D eigenvalue weighted by molar-refractivity contribution is 7.21. The van der Waals surface area contributed by atoms with Gasteiger partial charge in [0.15, 0.2) is 5.13 Å². The average Bonchev–Trinajstić information content (AvgIpc) is 3.18. The van der Waals surface area contributed by atoms with Crippen LogP contribution in [0.4, 0.5) is 5.13 Å². The van der Waals surface area contributed by atoms with Gasteiger partial charge in [-0.3, -0.25) is 4.79 Å². The van der Waals surface area contributed by atoms with Crippen molar-refractivity contribution in [3.05, 3.63) is 53.5 Å². The number of carbonyl (C=O) groups is 1. The summed E-state index contributed by atoms with van der Waals surface area (Å²) in [6.45, 7) is 6.74. The Morgan fingerprint density at radius 3 is 2.45 bits per heavy atom. The van der Waals surface area contributed by atoms with Crippen LogP contribution >= 0.6 is 11.3 Å². The zero-order valence-corrected chi connectivity index (χ0v) is 17.1. The van der Waals surface area contributed by atoms with Gasteiger partial charge in [0.25, 0.3) is 5.91 Å². The van der Waals surface area contributed by atoms with Crippen molar-refractivity contribution in [3.8, 4) is 0 Å². The minimum absolute atomic E-state index is 0.0394. The maximum atomic E-state index is 13.0. The molecule has 5 rings (SSSR count). The molecule has 0 atom stereocenters. The Morgan fingerprint density at radius 1 is 0.931 bits per heavy atom. The maximum absolute atomic E-state index is 13.0. The van der Waals surface area contributed by atoms with Crippen molar-refractivity contribution >= 4 is 43.8 Å². The molecule has 1 saturated heterocycles. The molecule has 7 nitrogen and oxygen atoms in total. The molecule has 0 radical (unpaired) electrons. The molecule has 1 aliphatic heterocycles. The summed E-state index contributed by atoms with van der Waals surface area (Å²) in [6, 6.07) is 9.46. The van der Waals surface area contributed by atoms with Gasteiger partial charge in [-0.05, 0) is 44.2 Å². The third-order valence-corrected chi connectivity index (χ3v) is 6.35. The fourth-order valence-corrected chi connectivity index (χ4v) is 4.50. The number of thiazole rings is 1. The van der Waals surface area contributed by atoms with Crippen molar-refractivity contribution in [1.82, 2.24) is 24.8 Å². The zero-order valence-electron chi connectivity index (χ0n) is 16.3. The van der Waals surface area contributed by atoms with Gasteiger partial charge in [0, 0.05) is 37.9 Å². The van der Waals surface area contributed by atoms with E-state index in [1.807, 2.05) is 49.1 Å². The number of aromatic nitrogens is 4. The summed E-state index contributed by atoms with van der Waals surface area (Å²) in [4.78, 5) is 36.3. The first kappa shape index (κ1) is 17.9. The second-order valence-corrected chi connectivity index (χ2v) is 8.16. The molecule has 0 aliphatic carbocycles. The van der Waals surface area contributed by atoms with E-state index in [9.17, 15) is 4.79 Å². The van der Waals surface area contributed by atoms with E-state index < -0.39 is 0 Å². The van der Waals surface area contributed by atoms with Crippen LogP contribution in [0.2, 0.25) is 0 Å². The Balaban J connectivity index is 1.32. The summed E-state index contributed by atoms with van der Waals surface area (Å²) < 4.78 is 0. The molecule has 1 aromatic carbocycles. The van der Waals surface area contributed by atoms with E-state index in [4.69, 9.17) is 0 Å². The highest BCUT2D eigenvalue weighted by Gasteiger charge is 2.24. The normalized spacial score (nSPS) is 14.7. The van der Waals surface area contributed by atoms with Gasteiger partial charge in [-0.2, -0.15) is 0 Å². The lowest BCUT2D eigenvalue weighted by Crippen LogP contribution is -2.48. The number of nitrogens with zero attached hydrogens (tertiary/aromatic N) is 6. The number of amides is 1. The van der Waals surface area contributed by atoms with Crippen molar-refractivity contribution < 1.29 is 4.79 Å². The molecule has 29 heavy (non-hydrogen) atoms. The van der Waals surface area contributed by atoms with Crippen LogP contribution in [0.15, 0.2) is 36.5 Å². The van der Waals surface area contributed by atoms with Gasteiger partial charge < -0.3 is 9.80 Å². The van der Waals surface area contributed by atoms with Crippen LogP contribution in [0, 0.1) is 13.8 Å². The molecule has 8 heteroatoms. The summed E-state index contributed by atoms with van der Waals surface area (Å²) in [5.74, 6) is 0.0394. The summed E-state index contributed by atoms with van der Waals surface area (Å²) in [5, 5.41) is 0.970. The second-order valence-electron chi connectivity index (χ2n) is 7.20. The smallest absolute Gasteiger partial charge is 0.254 e. The Morgan fingerprint density at radius 2 is 1.69 bits per heavy atom. The largest absolute Gasteiger partial charge is 0.344 e. The van der Waals surface area contributed by atoms with E-state index in [0.29, 0.717) is 18.7 Å². The number of hydrogen-bond acceptors (Lipinski definition) is 7. The minimum Gasteiger partial charge on any atom is -0.344 e. The van der Waals surface area contributed by atoms with Crippen LogP contribution in [-0.4, -0.2) is 56.9 Å². The Hall–Kier alpha value is -3.13. The van der Waals surface area contributed by atoms with E-state index in [0.717, 1.165) is 51.0 Å². The van der Waals surface area contributed by atoms with E-state index in [1.54, 1.807) is 17.5 Å². The predicted molar refractivity (Wildman–Crippen MR) is 115 cm³/mol. The van der Waals surface area contributed by atoms with Crippen LogP contribution in [0.1, 0.15) is 21.7 Å². The number of piperazine rings is 1. The Kier molecular flexibility index (Phi) is 4.35. The molecule has 1 aliphatic rings. The van der Waals surface area contributed by atoms with Gasteiger partial charge in [0.2, 0.25) is 0 Å². The summed E-state index contributed by atoms with van der Waals surface area (Å²) in [5.41, 5.74) is 4.97. The first-order valence-corrected chi connectivity index (χ1v) is 10.4. The van der Waals surface area contributed by atoms with Crippen molar-refractivity contribution in [2.75, 3.05) is 31.1 Å². The van der Waals surface area contributed by atoms with Crippen molar-refractivity contribution in [1.29, 1.82) is 0 Å². The van der Waals surface area contributed by atoms with Gasteiger partial charge in [-0.25, -0.2) is 19.9 Å². The van der Waals surface area contributed by atoms with Crippen LogP contribution in [-0.2, 0) is 0 Å². The molecule has 4 heterocycles. The molecular formula is C21H20N6OS. The van der Waals surface area contributed by atoms with Gasteiger partial charge in [-0.15, -0.1) is 0 Å². The fraction of sp³-hybridized carbons (Fsp3) is 0.286. The van der Waals surface area contributed by atoms with E-state index in [1.165, 1.54) is 0 Å². The quantitative estimate of drug-likeness (QED) is 0.511. The molecule has 1 fully saturated rings. The lowest BCUT2D eigenvalue weighted by Gasteiger charge is -2.34. The minimum atomic E-state index is 0.0394. The topological polar surface area (TPSA) is 75.1 Å². The molecule has 3 aromatic heterocycles. The maximum Gasteiger partial charge on any atom is 0.254 e. The monoisotopic (exact) mass is 404 g/mol. The number of rotatable bonds is 2. The highest BCUT2D eigenvalue weighted by atomic mass is 32.1. The first-order valence-electron chi connectivity index (χ1n) is 9.59. The number of benzene rings is 1. The van der Waals surface area contributed by atoms with Crippen molar-refractivity contribution in [2.24, 2.45) is 0 Å². The molecule has 0 unspecified atom stereocenters.